The molecule has 236 valence electrons. The van der Waals surface area contributed by atoms with Crippen molar-refractivity contribution in [2.75, 3.05) is 0 Å². The van der Waals surface area contributed by atoms with E-state index < -0.39 is 81.4 Å². The lowest BCUT2D eigenvalue weighted by molar-refractivity contribution is -0.468. The summed E-state index contributed by atoms with van der Waals surface area (Å²) in [5, 5.41) is -8.36. The number of hydrogen-bond donors (Lipinski definition) is 0. The van der Waals surface area contributed by atoms with Gasteiger partial charge in [-0.15, -0.1) is 0 Å². The summed E-state index contributed by atoms with van der Waals surface area (Å²) in [6.07, 6.45) is -11.7. The molecule has 1 atom stereocenters. The lowest BCUT2D eigenvalue weighted by atomic mass is 9.85. The molecule has 2 nitrogen and oxygen atoms in total. The van der Waals surface area contributed by atoms with Gasteiger partial charge in [-0.25, -0.2) is 13.2 Å². The number of hydrogen-bond acceptors (Lipinski definition) is 2. The summed E-state index contributed by atoms with van der Waals surface area (Å²) >= 11 is 0. The molecule has 0 heterocycles. The van der Waals surface area contributed by atoms with Crippen molar-refractivity contribution in [2.24, 2.45) is 0 Å². The Morgan fingerprint density at radius 3 is 0.795 bits per heavy atom. The van der Waals surface area contributed by atoms with Crippen LogP contribution in [0.1, 0.15) is 0 Å². The van der Waals surface area contributed by atoms with Gasteiger partial charge < -0.3 is 0 Å². The second-order valence-electron chi connectivity index (χ2n) is 6.91. The molecule has 0 rings (SSSR count). The first-order valence-electron chi connectivity index (χ1n) is 8.00. The minimum atomic E-state index is -9.56. The average Bonchev–Trinajstić information content (AvgIpc) is 2.70. The van der Waals surface area contributed by atoms with E-state index in [0.717, 1.165) is 0 Å². The first-order chi connectivity index (χ1) is 16.4. The fraction of sp³-hybridized carbons (Fsp3) is 1.00. The molecule has 0 aliphatic rings. The van der Waals surface area contributed by atoms with Crippen LogP contribution < -0.4 is 0 Å². The van der Waals surface area contributed by atoms with Crippen LogP contribution >= 0.6 is 0 Å². The summed E-state index contributed by atoms with van der Waals surface area (Å²) in [6.45, 7) is 0. The fourth-order valence-electron chi connectivity index (χ4n) is 2.06. The summed E-state index contributed by atoms with van der Waals surface area (Å²) in [5.74, 6) is -82.3. The van der Waals surface area contributed by atoms with E-state index in [1.54, 1.807) is 0 Å². The van der Waals surface area contributed by atoms with E-state index in [4.69, 9.17) is 0 Å². The van der Waals surface area contributed by atoms with Gasteiger partial charge in [0.15, 0.2) is 0 Å². The molecule has 0 bridgehead atoms. The molecular formula is C12H2F24O2S. The van der Waals surface area contributed by atoms with Crippen LogP contribution in [0.15, 0.2) is 0 Å². The van der Waals surface area contributed by atoms with E-state index in [1.165, 1.54) is 0 Å². The summed E-state index contributed by atoms with van der Waals surface area (Å²) in [6, 6.07) is 0. The van der Waals surface area contributed by atoms with Crippen LogP contribution in [0, 0.1) is 0 Å². The third-order valence-electron chi connectivity index (χ3n) is 4.42. The van der Waals surface area contributed by atoms with Crippen LogP contribution in [-0.2, 0) is 10.2 Å². The highest BCUT2D eigenvalue weighted by molar-refractivity contribution is 7.87. The van der Waals surface area contributed by atoms with E-state index in [9.17, 15) is 113 Å². The van der Waals surface area contributed by atoms with E-state index in [0.29, 0.717) is 0 Å². The molecule has 0 aromatic carbocycles. The zero-order valence-corrected chi connectivity index (χ0v) is 17.3. The van der Waals surface area contributed by atoms with E-state index in [-0.39, 0.29) is 0 Å². The van der Waals surface area contributed by atoms with Crippen molar-refractivity contribution in [2.45, 2.75) is 71.2 Å². The van der Waals surface area contributed by atoms with Crippen molar-refractivity contribution in [1.29, 1.82) is 0 Å². The van der Waals surface area contributed by atoms with E-state index in [1.807, 2.05) is 0 Å². The van der Waals surface area contributed by atoms with Gasteiger partial charge in [0, 0.05) is 0 Å². The monoisotopic (exact) mass is 666 g/mol. The minimum Gasteiger partial charge on any atom is -0.234 e. The maximum Gasteiger partial charge on any atom is 0.442 e. The zero-order chi connectivity index (χ0) is 32.7. The molecule has 1 unspecified atom stereocenters. The smallest absolute Gasteiger partial charge is 0.234 e. The van der Waals surface area contributed by atoms with Crippen LogP contribution in [0.2, 0.25) is 0 Å². The Balaban J connectivity index is 7.30. The molecule has 0 aliphatic carbocycles. The molecule has 0 amide bonds. The summed E-state index contributed by atoms with van der Waals surface area (Å²) < 4.78 is 333. The molecule has 0 spiro atoms. The average molecular weight is 666 g/mol. The van der Waals surface area contributed by atoms with Gasteiger partial charge in [0.25, 0.3) is 6.43 Å². The van der Waals surface area contributed by atoms with Gasteiger partial charge in [-0.2, -0.15) is 96.2 Å². The number of alkyl halides is 23. The van der Waals surface area contributed by atoms with E-state index in [2.05, 4.69) is 0 Å². The zero-order valence-electron chi connectivity index (χ0n) is 16.5. The van der Waals surface area contributed by atoms with Gasteiger partial charge in [-0.1, -0.05) is 3.89 Å². The minimum absolute atomic E-state index is 5.60. The van der Waals surface area contributed by atoms with Crippen LogP contribution in [-0.4, -0.2) is 79.6 Å². The molecule has 0 fully saturated rings. The molecule has 0 aromatic heterocycles. The maximum atomic E-state index is 13.5. The second-order valence-corrected chi connectivity index (χ2v) is 8.30. The highest BCUT2D eigenvalue weighted by Crippen LogP contribution is 2.66. The third kappa shape index (κ3) is 4.41. The van der Waals surface area contributed by atoms with Crippen LogP contribution in [0.4, 0.5) is 105 Å². The molecule has 0 aliphatic heterocycles. The third-order valence-corrected chi connectivity index (χ3v) is 5.29. The molecule has 0 saturated carbocycles. The highest BCUT2D eigenvalue weighted by Gasteiger charge is 2.98. The predicted molar refractivity (Wildman–Crippen MR) is 70.4 cm³/mol. The molecule has 0 saturated heterocycles. The topological polar surface area (TPSA) is 34.1 Å². The molecule has 0 radical (unpaired) electrons. The Bertz CT molecular complexity index is 1010. The Hall–Kier alpha value is -1.73. The quantitative estimate of drug-likeness (QED) is 0.163. The van der Waals surface area contributed by atoms with Crippen LogP contribution in [0.3, 0.4) is 0 Å². The Morgan fingerprint density at radius 1 is 0.385 bits per heavy atom. The van der Waals surface area contributed by atoms with Crippen molar-refractivity contribution >= 4 is 10.2 Å². The van der Waals surface area contributed by atoms with E-state index >= 15 is 0 Å². The van der Waals surface area contributed by atoms with Crippen molar-refractivity contribution in [3.05, 3.63) is 0 Å². The highest BCUT2D eigenvalue weighted by atomic mass is 32.3. The maximum absolute atomic E-state index is 13.5. The van der Waals surface area contributed by atoms with Crippen molar-refractivity contribution in [3.8, 4) is 0 Å². The molecule has 39 heavy (non-hydrogen) atoms. The second kappa shape index (κ2) is 9.14. The number of halogens is 24. The first-order valence-corrected chi connectivity index (χ1v) is 9.38. The Morgan fingerprint density at radius 2 is 0.590 bits per heavy atom. The molecule has 0 aromatic rings. The van der Waals surface area contributed by atoms with Crippen LogP contribution in [0.5, 0.6) is 0 Å². The standard InChI is InChI=1S/C12H2F24O2S/c13-1(2(14)15)3(16,17)4(18,19)5(20,21)6(22,23)7(24,25)8(26,27)9(28,29)10(30,31)11(32,33)12(34,35)39(36,37)38/h1-2H. The molecular weight excluding hydrogens is 664 g/mol. The Labute approximate surface area is 196 Å². The summed E-state index contributed by atoms with van der Waals surface area (Å²) in [7, 11) is -8.66. The van der Waals surface area contributed by atoms with Gasteiger partial charge in [-0.05, 0) is 0 Å². The lowest BCUT2D eigenvalue weighted by Crippen LogP contribution is -2.77. The van der Waals surface area contributed by atoms with Gasteiger partial charge in [0.2, 0.25) is 6.17 Å². The summed E-state index contributed by atoms with van der Waals surface area (Å²) in [5.41, 5.74) is 0. The lowest BCUT2D eigenvalue weighted by Gasteiger charge is -2.45. The van der Waals surface area contributed by atoms with Gasteiger partial charge >= 0.3 is 68.8 Å². The SMILES string of the molecule is O=S(=O)(F)C(F)(F)C(F)(F)C(F)(F)C(F)(F)C(F)(F)C(F)(F)C(F)(F)C(F)(F)C(F)(F)C(F)(F)C(F)C(F)F. The normalized spacial score (nSPS) is 17.6. The van der Waals surface area contributed by atoms with Crippen molar-refractivity contribution < 1.29 is 113 Å². The van der Waals surface area contributed by atoms with Gasteiger partial charge in [0.05, 0.1) is 0 Å². The van der Waals surface area contributed by atoms with Crippen molar-refractivity contribution in [1.82, 2.24) is 0 Å². The largest absolute Gasteiger partial charge is 0.442 e. The Kier molecular flexibility index (Phi) is 8.73. The van der Waals surface area contributed by atoms with Gasteiger partial charge in [-0.3, -0.25) is 0 Å². The van der Waals surface area contributed by atoms with Gasteiger partial charge in [0.1, 0.15) is 0 Å². The molecule has 0 N–H and O–H groups in total. The van der Waals surface area contributed by atoms with Crippen LogP contribution in [0.25, 0.3) is 0 Å². The summed E-state index contributed by atoms with van der Waals surface area (Å²) in [4.78, 5) is 0. The predicted octanol–water partition coefficient (Wildman–Crippen LogP) is 7.20. The molecule has 27 heteroatoms. The fourth-order valence-corrected chi connectivity index (χ4v) is 2.49. The van der Waals surface area contributed by atoms with Crippen molar-refractivity contribution in [3.63, 3.8) is 0 Å². The first kappa shape index (κ1) is 37.3. The number of rotatable bonds is 12.